The number of piperidine rings is 1. The van der Waals surface area contributed by atoms with Crippen LogP contribution in [0.15, 0.2) is 0 Å². The van der Waals surface area contributed by atoms with Crippen molar-refractivity contribution >= 4 is 17.4 Å². The molecule has 1 N–H and O–H groups in total. The van der Waals surface area contributed by atoms with Crippen molar-refractivity contribution in [1.82, 2.24) is 14.9 Å². The Bertz CT molecular complexity index is 528. The molecule has 2 rings (SSSR count). The molecule has 1 saturated heterocycles. The Labute approximate surface area is 139 Å². The second-order valence-electron chi connectivity index (χ2n) is 5.97. The van der Waals surface area contributed by atoms with Crippen LogP contribution in [0.5, 0.6) is 0 Å². The summed E-state index contributed by atoms with van der Waals surface area (Å²) in [5.41, 5.74) is 0.804. The average molecular weight is 351 g/mol. The van der Waals surface area contributed by atoms with E-state index in [1.165, 1.54) is 4.90 Å². The molecule has 0 unspecified atom stereocenters. The first kappa shape index (κ1) is 18.3. The van der Waals surface area contributed by atoms with E-state index in [1.807, 2.05) is 13.8 Å². The lowest BCUT2D eigenvalue weighted by atomic mass is 9.97. The maximum atomic E-state index is 12.4. The summed E-state index contributed by atoms with van der Waals surface area (Å²) in [7, 11) is 0. The van der Waals surface area contributed by atoms with Crippen LogP contribution in [0.3, 0.4) is 0 Å². The number of anilines is 1. The molecule has 4 nitrogen and oxygen atoms in total. The third-order valence-electron chi connectivity index (χ3n) is 4.12. The predicted octanol–water partition coefficient (Wildman–Crippen LogP) is 3.69. The standard InChI is InChI=1S/C15H22ClF3N4/c1-3-12-21-13(16)10(2)14(22-12)20-8-11-4-6-23(7-5-11)9-15(17,18)19/h11H,3-9H2,1-2H3,(H,20,21,22). The molecule has 0 amide bonds. The lowest BCUT2D eigenvalue weighted by Gasteiger charge is -2.32. The van der Waals surface area contributed by atoms with Gasteiger partial charge in [0.25, 0.3) is 0 Å². The molecule has 1 aliphatic rings. The zero-order chi connectivity index (χ0) is 17.0. The minimum atomic E-state index is -4.11. The van der Waals surface area contributed by atoms with Gasteiger partial charge in [0.2, 0.25) is 0 Å². The van der Waals surface area contributed by atoms with Gasteiger partial charge in [-0.1, -0.05) is 18.5 Å². The summed E-state index contributed by atoms with van der Waals surface area (Å²) in [5, 5.41) is 3.73. The number of likely N-dealkylation sites (tertiary alicyclic amines) is 1. The first-order valence-electron chi connectivity index (χ1n) is 7.84. The third-order valence-corrected chi connectivity index (χ3v) is 4.49. The monoisotopic (exact) mass is 350 g/mol. The SMILES string of the molecule is CCc1nc(Cl)c(C)c(NCC2CCN(CC(F)(F)F)CC2)n1. The summed E-state index contributed by atoms with van der Waals surface area (Å²) in [4.78, 5) is 10.1. The maximum absolute atomic E-state index is 12.4. The van der Waals surface area contributed by atoms with E-state index in [2.05, 4.69) is 15.3 Å². The molecule has 1 aromatic rings. The molecule has 1 fully saturated rings. The second kappa shape index (κ2) is 7.66. The molecule has 2 heterocycles. The first-order chi connectivity index (χ1) is 10.8. The summed E-state index contributed by atoms with van der Waals surface area (Å²) >= 11 is 6.10. The van der Waals surface area contributed by atoms with Gasteiger partial charge in [0, 0.05) is 18.5 Å². The molecule has 0 atom stereocenters. The van der Waals surface area contributed by atoms with Crippen molar-refractivity contribution in [2.45, 2.75) is 39.3 Å². The smallest absolute Gasteiger partial charge is 0.369 e. The Morgan fingerprint density at radius 2 is 1.91 bits per heavy atom. The number of nitrogens with one attached hydrogen (secondary N) is 1. The van der Waals surface area contributed by atoms with Crippen LogP contribution in [0.4, 0.5) is 19.0 Å². The van der Waals surface area contributed by atoms with E-state index in [-0.39, 0.29) is 0 Å². The molecule has 0 radical (unpaired) electrons. The quantitative estimate of drug-likeness (QED) is 0.822. The Morgan fingerprint density at radius 1 is 1.26 bits per heavy atom. The summed E-state index contributed by atoms with van der Waals surface area (Å²) in [6.45, 7) is 4.66. The van der Waals surface area contributed by atoms with E-state index in [4.69, 9.17) is 11.6 Å². The van der Waals surface area contributed by atoms with Gasteiger partial charge in [-0.2, -0.15) is 13.2 Å². The zero-order valence-electron chi connectivity index (χ0n) is 13.4. The van der Waals surface area contributed by atoms with Crippen LogP contribution in [0.2, 0.25) is 5.15 Å². The van der Waals surface area contributed by atoms with E-state index in [0.717, 1.165) is 24.2 Å². The molecule has 0 aliphatic carbocycles. The second-order valence-corrected chi connectivity index (χ2v) is 6.33. The highest BCUT2D eigenvalue weighted by molar-refractivity contribution is 6.30. The van der Waals surface area contributed by atoms with Gasteiger partial charge in [-0.15, -0.1) is 0 Å². The number of aromatic nitrogens is 2. The molecule has 0 bridgehead atoms. The topological polar surface area (TPSA) is 41.1 Å². The number of halogens is 4. The summed E-state index contributed by atoms with van der Waals surface area (Å²) in [6.07, 6.45) is -1.91. The molecule has 1 aromatic heterocycles. The number of hydrogen-bond acceptors (Lipinski definition) is 4. The van der Waals surface area contributed by atoms with Crippen molar-refractivity contribution in [2.75, 3.05) is 31.5 Å². The van der Waals surface area contributed by atoms with Crippen LogP contribution >= 0.6 is 11.6 Å². The van der Waals surface area contributed by atoms with Gasteiger partial charge in [0.1, 0.15) is 16.8 Å². The van der Waals surface area contributed by atoms with E-state index in [9.17, 15) is 13.2 Å². The van der Waals surface area contributed by atoms with Crippen molar-refractivity contribution in [3.05, 3.63) is 16.5 Å². The van der Waals surface area contributed by atoms with Crippen molar-refractivity contribution in [3.8, 4) is 0 Å². The Balaban J connectivity index is 1.85. The van der Waals surface area contributed by atoms with Crippen LogP contribution in [0, 0.1) is 12.8 Å². The van der Waals surface area contributed by atoms with Crippen LogP contribution in [-0.2, 0) is 6.42 Å². The van der Waals surface area contributed by atoms with E-state index in [0.29, 0.717) is 43.0 Å². The van der Waals surface area contributed by atoms with Gasteiger partial charge in [-0.25, -0.2) is 9.97 Å². The third kappa shape index (κ3) is 5.49. The fourth-order valence-corrected chi connectivity index (χ4v) is 2.89. The normalized spacial score (nSPS) is 17.5. The van der Waals surface area contributed by atoms with Crippen LogP contribution in [0.1, 0.15) is 31.2 Å². The first-order valence-corrected chi connectivity index (χ1v) is 8.22. The van der Waals surface area contributed by atoms with Crippen LogP contribution < -0.4 is 5.32 Å². The van der Waals surface area contributed by atoms with Crippen molar-refractivity contribution in [2.24, 2.45) is 5.92 Å². The summed E-state index contributed by atoms with van der Waals surface area (Å²) < 4.78 is 37.1. The van der Waals surface area contributed by atoms with Crippen molar-refractivity contribution in [1.29, 1.82) is 0 Å². The van der Waals surface area contributed by atoms with Crippen molar-refractivity contribution < 1.29 is 13.2 Å². The highest BCUT2D eigenvalue weighted by Crippen LogP contribution is 2.24. The minimum Gasteiger partial charge on any atom is -0.369 e. The van der Waals surface area contributed by atoms with E-state index < -0.39 is 12.7 Å². The van der Waals surface area contributed by atoms with Crippen LogP contribution in [-0.4, -0.2) is 47.2 Å². The molecule has 0 aromatic carbocycles. The highest BCUT2D eigenvalue weighted by atomic mass is 35.5. The highest BCUT2D eigenvalue weighted by Gasteiger charge is 2.32. The molecule has 0 spiro atoms. The van der Waals surface area contributed by atoms with E-state index >= 15 is 0 Å². The number of hydrogen-bond donors (Lipinski definition) is 1. The molecule has 0 saturated carbocycles. The fourth-order valence-electron chi connectivity index (χ4n) is 2.71. The van der Waals surface area contributed by atoms with Gasteiger partial charge in [-0.3, -0.25) is 4.90 Å². The molecule has 1 aliphatic heterocycles. The maximum Gasteiger partial charge on any atom is 0.401 e. The number of rotatable bonds is 5. The molecule has 8 heteroatoms. The fraction of sp³-hybridized carbons (Fsp3) is 0.733. The Morgan fingerprint density at radius 3 is 2.48 bits per heavy atom. The lowest BCUT2D eigenvalue weighted by molar-refractivity contribution is -0.148. The molecular weight excluding hydrogens is 329 g/mol. The molecular formula is C15H22ClF3N4. The van der Waals surface area contributed by atoms with E-state index in [1.54, 1.807) is 0 Å². The number of aryl methyl sites for hydroxylation is 1. The van der Waals surface area contributed by atoms with Gasteiger partial charge in [0.15, 0.2) is 0 Å². The summed E-state index contributed by atoms with van der Waals surface area (Å²) in [5.74, 6) is 1.75. The zero-order valence-corrected chi connectivity index (χ0v) is 14.1. The van der Waals surface area contributed by atoms with Gasteiger partial charge >= 0.3 is 6.18 Å². The number of nitrogens with zero attached hydrogens (tertiary/aromatic N) is 3. The minimum absolute atomic E-state index is 0.345. The average Bonchev–Trinajstić information content (AvgIpc) is 2.48. The van der Waals surface area contributed by atoms with Crippen molar-refractivity contribution in [3.63, 3.8) is 0 Å². The number of alkyl halides is 3. The Kier molecular flexibility index (Phi) is 6.08. The summed E-state index contributed by atoms with van der Waals surface area (Å²) in [6, 6.07) is 0. The van der Waals surface area contributed by atoms with Crippen LogP contribution in [0.25, 0.3) is 0 Å². The predicted molar refractivity (Wildman–Crippen MR) is 84.9 cm³/mol. The van der Waals surface area contributed by atoms with Gasteiger partial charge in [-0.05, 0) is 38.8 Å². The Hall–Kier alpha value is -1.08. The van der Waals surface area contributed by atoms with Gasteiger partial charge < -0.3 is 5.32 Å². The van der Waals surface area contributed by atoms with Gasteiger partial charge in [0.05, 0.1) is 6.54 Å². The lowest BCUT2D eigenvalue weighted by Crippen LogP contribution is -2.41. The molecule has 130 valence electrons. The molecule has 23 heavy (non-hydrogen) atoms. The largest absolute Gasteiger partial charge is 0.401 e.